The summed E-state index contributed by atoms with van der Waals surface area (Å²) in [6.45, 7) is 4.50. The molecule has 0 spiro atoms. The number of anilines is 2. The van der Waals surface area contributed by atoms with Gasteiger partial charge >= 0.3 is 5.69 Å². The first kappa shape index (κ1) is 15.4. The molecular formula is C15H17N5O2. The summed E-state index contributed by atoms with van der Waals surface area (Å²) in [5, 5.41) is 17.1. The zero-order chi connectivity index (χ0) is 15.8. The number of nitrogens with one attached hydrogen (secondary N) is 2. The lowest BCUT2D eigenvalue weighted by molar-refractivity contribution is -0.383. The third-order valence-electron chi connectivity index (χ3n) is 2.97. The van der Waals surface area contributed by atoms with E-state index in [9.17, 15) is 10.1 Å². The van der Waals surface area contributed by atoms with Gasteiger partial charge in [-0.15, -0.1) is 6.58 Å². The summed E-state index contributed by atoms with van der Waals surface area (Å²) in [5.41, 5.74) is 0.995. The van der Waals surface area contributed by atoms with Crippen LogP contribution in [0.3, 0.4) is 0 Å². The molecule has 2 aromatic rings. The van der Waals surface area contributed by atoms with Crippen LogP contribution < -0.4 is 10.6 Å². The van der Waals surface area contributed by atoms with Crippen molar-refractivity contribution < 1.29 is 4.92 Å². The molecule has 22 heavy (non-hydrogen) atoms. The maximum absolute atomic E-state index is 11.3. The zero-order valence-electron chi connectivity index (χ0n) is 12.0. The van der Waals surface area contributed by atoms with E-state index in [1.165, 1.54) is 6.33 Å². The summed E-state index contributed by atoms with van der Waals surface area (Å²) in [7, 11) is 0. The van der Waals surface area contributed by atoms with E-state index in [4.69, 9.17) is 0 Å². The van der Waals surface area contributed by atoms with E-state index in [-0.39, 0.29) is 17.3 Å². The van der Waals surface area contributed by atoms with Gasteiger partial charge in [0.15, 0.2) is 0 Å². The van der Waals surface area contributed by atoms with Gasteiger partial charge in [0.05, 0.1) is 4.92 Å². The third-order valence-corrected chi connectivity index (χ3v) is 2.97. The Labute approximate surface area is 128 Å². The van der Waals surface area contributed by atoms with Crippen molar-refractivity contribution in [3.8, 4) is 0 Å². The molecule has 0 saturated heterocycles. The first-order valence-electron chi connectivity index (χ1n) is 6.84. The minimum absolute atomic E-state index is 0.155. The Hall–Kier alpha value is -2.96. The highest BCUT2D eigenvalue weighted by Gasteiger charge is 2.22. The van der Waals surface area contributed by atoms with Crippen LogP contribution in [0.5, 0.6) is 0 Å². The average molecular weight is 299 g/mol. The summed E-state index contributed by atoms with van der Waals surface area (Å²) in [5.74, 6) is 0.393. The molecule has 0 fully saturated rings. The molecule has 7 heteroatoms. The Morgan fingerprint density at radius 3 is 2.50 bits per heavy atom. The fraction of sp³-hybridized carbons (Fsp3) is 0.200. The van der Waals surface area contributed by atoms with Crippen molar-refractivity contribution in [2.24, 2.45) is 0 Å². The Morgan fingerprint density at radius 2 is 1.86 bits per heavy atom. The topological polar surface area (TPSA) is 93.0 Å². The van der Waals surface area contributed by atoms with Crippen LogP contribution in [0.15, 0.2) is 49.3 Å². The maximum Gasteiger partial charge on any atom is 0.353 e. The van der Waals surface area contributed by atoms with Crippen LogP contribution in [0, 0.1) is 10.1 Å². The lowest BCUT2D eigenvalue weighted by Gasteiger charge is -2.09. The molecule has 2 rings (SSSR count). The van der Waals surface area contributed by atoms with Gasteiger partial charge in [-0.3, -0.25) is 10.1 Å². The molecule has 0 radical (unpaired) electrons. The SMILES string of the molecule is C=CCNc1ncnc(NCCc2ccccc2)c1[N+](=O)[O-]. The fourth-order valence-corrected chi connectivity index (χ4v) is 1.95. The van der Waals surface area contributed by atoms with Crippen molar-refractivity contribution in [1.29, 1.82) is 0 Å². The van der Waals surface area contributed by atoms with Crippen molar-refractivity contribution in [2.45, 2.75) is 6.42 Å². The summed E-state index contributed by atoms with van der Waals surface area (Å²) in [4.78, 5) is 18.7. The molecule has 1 aromatic carbocycles. The molecule has 2 N–H and O–H groups in total. The molecule has 0 aliphatic heterocycles. The first-order valence-corrected chi connectivity index (χ1v) is 6.84. The Bertz CT molecular complexity index is 646. The van der Waals surface area contributed by atoms with Gasteiger partial charge in [-0.1, -0.05) is 36.4 Å². The van der Waals surface area contributed by atoms with E-state index in [2.05, 4.69) is 27.2 Å². The Balaban J connectivity index is 2.09. The van der Waals surface area contributed by atoms with Crippen LogP contribution in [-0.2, 0) is 6.42 Å². The molecule has 0 bridgehead atoms. The zero-order valence-corrected chi connectivity index (χ0v) is 12.0. The highest BCUT2D eigenvalue weighted by atomic mass is 16.6. The van der Waals surface area contributed by atoms with Crippen molar-refractivity contribution in [3.63, 3.8) is 0 Å². The van der Waals surface area contributed by atoms with Crippen molar-refractivity contribution in [2.75, 3.05) is 23.7 Å². The quantitative estimate of drug-likeness (QED) is 0.442. The van der Waals surface area contributed by atoms with Crippen LogP contribution in [-0.4, -0.2) is 28.0 Å². The summed E-state index contributed by atoms with van der Waals surface area (Å²) < 4.78 is 0. The van der Waals surface area contributed by atoms with Crippen molar-refractivity contribution in [1.82, 2.24) is 9.97 Å². The minimum atomic E-state index is -0.490. The maximum atomic E-state index is 11.3. The third kappa shape index (κ3) is 4.02. The van der Waals surface area contributed by atoms with Crippen LogP contribution in [0.2, 0.25) is 0 Å². The lowest BCUT2D eigenvalue weighted by atomic mass is 10.1. The Kier molecular flexibility index (Phi) is 5.42. The molecule has 114 valence electrons. The molecule has 7 nitrogen and oxygen atoms in total. The van der Waals surface area contributed by atoms with Gasteiger partial charge in [0.2, 0.25) is 11.6 Å². The highest BCUT2D eigenvalue weighted by Crippen LogP contribution is 2.28. The van der Waals surface area contributed by atoms with Crippen LogP contribution in [0.1, 0.15) is 5.56 Å². The summed E-state index contributed by atoms with van der Waals surface area (Å²) >= 11 is 0. The predicted molar refractivity (Wildman–Crippen MR) is 86.0 cm³/mol. The standard InChI is InChI=1S/C15H17N5O2/c1-2-9-16-14-13(20(21)22)15(19-11-18-14)17-10-8-12-6-4-3-5-7-12/h2-7,11H,1,8-10H2,(H2,16,17,18,19). The van der Waals surface area contributed by atoms with Crippen LogP contribution in [0.4, 0.5) is 17.3 Å². The number of nitro groups is 1. The monoisotopic (exact) mass is 299 g/mol. The first-order chi connectivity index (χ1) is 10.7. The highest BCUT2D eigenvalue weighted by molar-refractivity contribution is 5.69. The molecule has 0 amide bonds. The van der Waals surface area contributed by atoms with Gasteiger partial charge in [0.1, 0.15) is 6.33 Å². The lowest BCUT2D eigenvalue weighted by Crippen LogP contribution is -2.11. The van der Waals surface area contributed by atoms with Gasteiger partial charge in [-0.25, -0.2) is 9.97 Å². The predicted octanol–water partition coefficient (Wildman–Crippen LogP) is 2.64. The van der Waals surface area contributed by atoms with Gasteiger partial charge in [-0.2, -0.15) is 0 Å². The second-order valence-electron chi connectivity index (χ2n) is 4.51. The summed E-state index contributed by atoms with van der Waals surface area (Å²) in [6, 6.07) is 9.88. The number of aromatic nitrogens is 2. The molecular weight excluding hydrogens is 282 g/mol. The van der Waals surface area contributed by atoms with E-state index in [0.717, 1.165) is 12.0 Å². The molecule has 0 aliphatic carbocycles. The minimum Gasteiger partial charge on any atom is -0.364 e. The molecule has 0 atom stereocenters. The van der Waals surface area contributed by atoms with E-state index in [0.29, 0.717) is 13.1 Å². The van der Waals surface area contributed by atoms with Gasteiger partial charge in [0.25, 0.3) is 0 Å². The van der Waals surface area contributed by atoms with Crippen molar-refractivity contribution >= 4 is 17.3 Å². The molecule has 1 heterocycles. The van der Waals surface area contributed by atoms with Crippen molar-refractivity contribution in [3.05, 3.63) is 65.0 Å². The molecule has 0 unspecified atom stereocenters. The van der Waals surface area contributed by atoms with E-state index in [1.54, 1.807) is 6.08 Å². The summed E-state index contributed by atoms with van der Waals surface area (Å²) in [6.07, 6.45) is 3.65. The number of benzene rings is 1. The number of hydrogen-bond donors (Lipinski definition) is 2. The molecule has 1 aromatic heterocycles. The molecule has 0 aliphatic rings. The van der Waals surface area contributed by atoms with Gasteiger partial charge < -0.3 is 10.6 Å². The number of nitrogens with zero attached hydrogens (tertiary/aromatic N) is 3. The average Bonchev–Trinajstić information content (AvgIpc) is 2.53. The fourth-order valence-electron chi connectivity index (χ4n) is 1.95. The molecule has 0 saturated carbocycles. The van der Waals surface area contributed by atoms with Crippen LogP contribution >= 0.6 is 0 Å². The second-order valence-corrected chi connectivity index (χ2v) is 4.51. The second kappa shape index (κ2) is 7.72. The van der Waals surface area contributed by atoms with Gasteiger partial charge in [-0.05, 0) is 12.0 Å². The number of rotatable bonds is 8. The van der Waals surface area contributed by atoms with Gasteiger partial charge in [0, 0.05) is 13.1 Å². The smallest absolute Gasteiger partial charge is 0.353 e. The normalized spacial score (nSPS) is 10.0. The largest absolute Gasteiger partial charge is 0.364 e. The Morgan fingerprint density at radius 1 is 1.18 bits per heavy atom. The van der Waals surface area contributed by atoms with Crippen LogP contribution in [0.25, 0.3) is 0 Å². The van der Waals surface area contributed by atoms with E-state index in [1.807, 2.05) is 30.3 Å². The number of hydrogen-bond acceptors (Lipinski definition) is 6. The van der Waals surface area contributed by atoms with E-state index < -0.39 is 4.92 Å². The van der Waals surface area contributed by atoms with E-state index >= 15 is 0 Å².